The first-order valence-corrected chi connectivity index (χ1v) is 5.73. The Bertz CT molecular complexity index is 239. The lowest BCUT2D eigenvalue weighted by Crippen LogP contribution is -2.50. The zero-order valence-corrected chi connectivity index (χ0v) is 9.42. The molecule has 0 spiro atoms. The molecule has 0 aromatic rings. The third-order valence-corrected chi connectivity index (χ3v) is 3.51. The van der Waals surface area contributed by atoms with Crippen LogP contribution in [0.2, 0.25) is 0 Å². The van der Waals surface area contributed by atoms with Crippen molar-refractivity contribution in [3.63, 3.8) is 0 Å². The predicted molar refractivity (Wildman–Crippen MR) is 57.6 cm³/mol. The van der Waals surface area contributed by atoms with Crippen LogP contribution in [-0.4, -0.2) is 50.7 Å². The number of rotatable bonds is 5. The first-order chi connectivity index (χ1) is 7.26. The lowest BCUT2D eigenvalue weighted by atomic mass is 10.0. The molecule has 2 rings (SSSR count). The summed E-state index contributed by atoms with van der Waals surface area (Å²) in [5, 5.41) is 3.10. The molecule has 4 nitrogen and oxygen atoms in total. The number of amides is 1. The average Bonchev–Trinajstić information content (AvgIpc) is 3.00. The van der Waals surface area contributed by atoms with E-state index in [1.54, 1.807) is 7.11 Å². The van der Waals surface area contributed by atoms with Crippen LogP contribution in [0.3, 0.4) is 0 Å². The zero-order chi connectivity index (χ0) is 10.7. The average molecular weight is 212 g/mol. The van der Waals surface area contributed by atoms with Crippen molar-refractivity contribution >= 4 is 5.91 Å². The number of ether oxygens (including phenoxy) is 1. The normalized spacial score (nSPS) is 24.3. The Balaban J connectivity index is 1.82. The largest absolute Gasteiger partial charge is 0.385 e. The maximum absolute atomic E-state index is 11.6. The molecule has 1 saturated heterocycles. The fraction of sp³-hybridized carbons (Fsp3) is 0.909. The second kappa shape index (κ2) is 4.49. The SMILES string of the molecule is COCCC1(CN2CCNCC2=O)CC1. The molecule has 2 aliphatic rings. The molecule has 2 fully saturated rings. The van der Waals surface area contributed by atoms with Crippen molar-refractivity contribution in [2.24, 2.45) is 5.41 Å². The minimum Gasteiger partial charge on any atom is -0.385 e. The smallest absolute Gasteiger partial charge is 0.236 e. The number of nitrogens with one attached hydrogen (secondary N) is 1. The quantitative estimate of drug-likeness (QED) is 0.709. The van der Waals surface area contributed by atoms with Gasteiger partial charge in [-0.2, -0.15) is 0 Å². The van der Waals surface area contributed by atoms with Crippen LogP contribution < -0.4 is 5.32 Å². The van der Waals surface area contributed by atoms with Crippen LogP contribution in [0, 0.1) is 5.41 Å². The van der Waals surface area contributed by atoms with Gasteiger partial charge in [0.1, 0.15) is 0 Å². The van der Waals surface area contributed by atoms with Crippen molar-refractivity contribution in [2.75, 3.05) is 39.9 Å². The monoisotopic (exact) mass is 212 g/mol. The van der Waals surface area contributed by atoms with E-state index < -0.39 is 0 Å². The summed E-state index contributed by atoms with van der Waals surface area (Å²) in [6, 6.07) is 0. The second-order valence-corrected chi connectivity index (χ2v) is 4.73. The Morgan fingerprint density at radius 3 is 2.93 bits per heavy atom. The molecular weight excluding hydrogens is 192 g/mol. The molecule has 15 heavy (non-hydrogen) atoms. The van der Waals surface area contributed by atoms with E-state index >= 15 is 0 Å². The van der Waals surface area contributed by atoms with Gasteiger partial charge < -0.3 is 15.0 Å². The molecule has 1 heterocycles. The molecule has 4 heteroatoms. The van der Waals surface area contributed by atoms with Gasteiger partial charge in [-0.3, -0.25) is 4.79 Å². The molecule has 0 unspecified atom stereocenters. The van der Waals surface area contributed by atoms with Crippen molar-refractivity contribution < 1.29 is 9.53 Å². The highest BCUT2D eigenvalue weighted by molar-refractivity contribution is 5.79. The molecule has 0 radical (unpaired) electrons. The van der Waals surface area contributed by atoms with Crippen LogP contribution in [0.15, 0.2) is 0 Å². The highest BCUT2D eigenvalue weighted by Crippen LogP contribution is 2.49. The summed E-state index contributed by atoms with van der Waals surface area (Å²) in [5.74, 6) is 0.255. The third-order valence-electron chi connectivity index (χ3n) is 3.51. The molecule has 0 bridgehead atoms. The minimum atomic E-state index is 0.255. The molecule has 0 atom stereocenters. The molecule has 0 aromatic heterocycles. The highest BCUT2D eigenvalue weighted by Gasteiger charge is 2.44. The van der Waals surface area contributed by atoms with E-state index in [2.05, 4.69) is 5.32 Å². The second-order valence-electron chi connectivity index (χ2n) is 4.73. The zero-order valence-electron chi connectivity index (χ0n) is 9.42. The number of carbonyl (C=O) groups excluding carboxylic acids is 1. The molecule has 1 aliphatic heterocycles. The van der Waals surface area contributed by atoms with Crippen molar-refractivity contribution in [3.05, 3.63) is 0 Å². The minimum absolute atomic E-state index is 0.255. The van der Waals surface area contributed by atoms with E-state index in [1.807, 2.05) is 4.90 Å². The number of hydrogen-bond donors (Lipinski definition) is 1. The number of nitrogens with zero attached hydrogens (tertiary/aromatic N) is 1. The molecule has 1 aliphatic carbocycles. The summed E-state index contributed by atoms with van der Waals surface area (Å²) < 4.78 is 5.12. The molecule has 1 saturated carbocycles. The Labute approximate surface area is 91.0 Å². The number of piperazine rings is 1. The van der Waals surface area contributed by atoms with E-state index in [4.69, 9.17) is 4.74 Å². The first-order valence-electron chi connectivity index (χ1n) is 5.73. The van der Waals surface area contributed by atoms with Gasteiger partial charge in [0.25, 0.3) is 0 Å². The Kier molecular flexibility index (Phi) is 3.26. The van der Waals surface area contributed by atoms with Gasteiger partial charge in [0.05, 0.1) is 6.54 Å². The van der Waals surface area contributed by atoms with Gasteiger partial charge in [0.2, 0.25) is 5.91 Å². The van der Waals surface area contributed by atoms with Gasteiger partial charge in [0.15, 0.2) is 0 Å². The van der Waals surface area contributed by atoms with Gasteiger partial charge >= 0.3 is 0 Å². The van der Waals surface area contributed by atoms with E-state index in [9.17, 15) is 4.79 Å². The predicted octanol–water partition coefficient (Wildman–Crippen LogP) is 0.235. The van der Waals surface area contributed by atoms with E-state index in [-0.39, 0.29) is 5.91 Å². The van der Waals surface area contributed by atoms with Gasteiger partial charge in [0, 0.05) is 33.4 Å². The molecule has 1 amide bonds. The van der Waals surface area contributed by atoms with E-state index in [0.717, 1.165) is 32.7 Å². The van der Waals surface area contributed by atoms with Crippen molar-refractivity contribution in [1.82, 2.24) is 10.2 Å². The van der Waals surface area contributed by atoms with Crippen LogP contribution in [-0.2, 0) is 9.53 Å². The van der Waals surface area contributed by atoms with Crippen LogP contribution in [0.4, 0.5) is 0 Å². The lowest BCUT2D eigenvalue weighted by Gasteiger charge is -2.31. The van der Waals surface area contributed by atoms with Crippen LogP contribution >= 0.6 is 0 Å². The number of carbonyl (C=O) groups is 1. The van der Waals surface area contributed by atoms with E-state index in [1.165, 1.54) is 12.8 Å². The summed E-state index contributed by atoms with van der Waals surface area (Å²) >= 11 is 0. The van der Waals surface area contributed by atoms with Crippen LogP contribution in [0.5, 0.6) is 0 Å². The van der Waals surface area contributed by atoms with Crippen molar-refractivity contribution in [2.45, 2.75) is 19.3 Å². The number of methoxy groups -OCH3 is 1. The van der Waals surface area contributed by atoms with Crippen LogP contribution in [0.1, 0.15) is 19.3 Å². The van der Waals surface area contributed by atoms with Gasteiger partial charge in [-0.15, -0.1) is 0 Å². The van der Waals surface area contributed by atoms with Gasteiger partial charge in [-0.25, -0.2) is 0 Å². The van der Waals surface area contributed by atoms with Crippen molar-refractivity contribution in [1.29, 1.82) is 0 Å². The Morgan fingerprint density at radius 2 is 2.33 bits per heavy atom. The van der Waals surface area contributed by atoms with E-state index in [0.29, 0.717) is 12.0 Å². The fourth-order valence-corrected chi connectivity index (χ4v) is 2.20. The van der Waals surface area contributed by atoms with Gasteiger partial charge in [-0.1, -0.05) is 0 Å². The Hall–Kier alpha value is -0.610. The highest BCUT2D eigenvalue weighted by atomic mass is 16.5. The lowest BCUT2D eigenvalue weighted by molar-refractivity contribution is -0.132. The number of hydrogen-bond acceptors (Lipinski definition) is 3. The summed E-state index contributed by atoms with van der Waals surface area (Å²) in [6.45, 7) is 4.08. The molecule has 1 N–H and O–H groups in total. The summed E-state index contributed by atoms with van der Waals surface area (Å²) in [5.41, 5.74) is 0.392. The third kappa shape index (κ3) is 2.69. The summed E-state index contributed by atoms with van der Waals surface area (Å²) in [4.78, 5) is 13.6. The van der Waals surface area contributed by atoms with Crippen LogP contribution in [0.25, 0.3) is 0 Å². The molecule has 86 valence electrons. The first kappa shape index (κ1) is 10.9. The molecular formula is C11H20N2O2. The standard InChI is InChI=1S/C11H20N2O2/c1-15-7-4-11(2-3-11)9-13-6-5-12-8-10(13)14/h12H,2-9H2,1H3. The molecule has 0 aromatic carbocycles. The maximum atomic E-state index is 11.6. The summed E-state index contributed by atoms with van der Waals surface area (Å²) in [6.07, 6.45) is 3.61. The maximum Gasteiger partial charge on any atom is 0.236 e. The topological polar surface area (TPSA) is 41.6 Å². The summed E-state index contributed by atoms with van der Waals surface area (Å²) in [7, 11) is 1.74. The van der Waals surface area contributed by atoms with Crippen molar-refractivity contribution in [3.8, 4) is 0 Å². The Morgan fingerprint density at radius 1 is 1.53 bits per heavy atom. The van der Waals surface area contributed by atoms with Gasteiger partial charge in [-0.05, 0) is 24.7 Å². The fourth-order valence-electron chi connectivity index (χ4n) is 2.20.